The average Bonchev–Trinajstić information content (AvgIpc) is 2.00. The molecular weight excluding hydrogens is 156 g/mol. The molecule has 1 unspecified atom stereocenters. The third kappa shape index (κ3) is 1.95. The van der Waals surface area contributed by atoms with Crippen molar-refractivity contribution in [2.45, 2.75) is 25.6 Å². The lowest BCUT2D eigenvalue weighted by molar-refractivity contribution is -0.149. The molecule has 0 bridgehead atoms. The number of carbonyl (C=O) groups is 1. The highest BCUT2D eigenvalue weighted by Gasteiger charge is 2.35. The van der Waals surface area contributed by atoms with Crippen molar-refractivity contribution in [2.75, 3.05) is 20.1 Å². The van der Waals surface area contributed by atoms with Gasteiger partial charge in [-0.15, -0.1) is 0 Å². The van der Waals surface area contributed by atoms with Crippen molar-refractivity contribution in [1.82, 2.24) is 10.6 Å². The van der Waals surface area contributed by atoms with Crippen LogP contribution in [0.1, 0.15) is 13.8 Å². The van der Waals surface area contributed by atoms with E-state index in [1.807, 2.05) is 6.92 Å². The van der Waals surface area contributed by atoms with Crippen LogP contribution in [0.25, 0.3) is 0 Å². The summed E-state index contributed by atoms with van der Waals surface area (Å²) < 4.78 is 5.55. The van der Waals surface area contributed by atoms with Crippen molar-refractivity contribution in [3.8, 4) is 0 Å². The molecule has 1 aliphatic rings. The quantitative estimate of drug-likeness (QED) is 0.603. The first-order valence-corrected chi connectivity index (χ1v) is 4.17. The second kappa shape index (κ2) is 3.41. The van der Waals surface area contributed by atoms with Crippen molar-refractivity contribution in [2.24, 2.45) is 0 Å². The summed E-state index contributed by atoms with van der Waals surface area (Å²) in [4.78, 5) is 11.1. The van der Waals surface area contributed by atoms with E-state index in [-0.39, 0.29) is 17.6 Å². The smallest absolute Gasteiger partial charge is 0.248 e. The normalized spacial score (nSPS) is 22.6. The fourth-order valence-electron chi connectivity index (χ4n) is 1.24. The van der Waals surface area contributed by atoms with Gasteiger partial charge in [-0.05, 0) is 13.8 Å². The highest BCUT2D eigenvalue weighted by Crippen LogP contribution is 2.17. The van der Waals surface area contributed by atoms with E-state index in [2.05, 4.69) is 10.6 Å². The van der Waals surface area contributed by atoms with Gasteiger partial charge >= 0.3 is 0 Å². The number of rotatable bonds is 3. The molecule has 0 saturated carbocycles. The zero-order valence-corrected chi connectivity index (χ0v) is 7.81. The Morgan fingerprint density at radius 1 is 1.67 bits per heavy atom. The highest BCUT2D eigenvalue weighted by atomic mass is 16.5. The molecule has 0 aromatic heterocycles. The highest BCUT2D eigenvalue weighted by molar-refractivity contribution is 5.80. The van der Waals surface area contributed by atoms with E-state index in [1.165, 1.54) is 0 Å². The summed E-state index contributed by atoms with van der Waals surface area (Å²) in [5.74, 6) is -0.0666. The summed E-state index contributed by atoms with van der Waals surface area (Å²) in [6.45, 7) is 5.42. The minimum Gasteiger partial charge on any atom is -0.360 e. The third-order valence-corrected chi connectivity index (χ3v) is 2.07. The summed E-state index contributed by atoms with van der Waals surface area (Å²) in [5.41, 5.74) is -0.147. The topological polar surface area (TPSA) is 50.4 Å². The molecule has 1 fully saturated rings. The molecule has 70 valence electrons. The van der Waals surface area contributed by atoms with Gasteiger partial charge in [0.15, 0.2) is 0 Å². The van der Waals surface area contributed by atoms with Gasteiger partial charge in [-0.1, -0.05) is 0 Å². The second-order valence-electron chi connectivity index (χ2n) is 3.43. The Morgan fingerprint density at radius 2 is 2.25 bits per heavy atom. The van der Waals surface area contributed by atoms with E-state index in [1.54, 1.807) is 14.0 Å². The fraction of sp³-hybridized carbons (Fsp3) is 0.875. The monoisotopic (exact) mass is 172 g/mol. The predicted molar refractivity (Wildman–Crippen MR) is 45.9 cm³/mol. The Morgan fingerprint density at radius 3 is 2.58 bits per heavy atom. The minimum absolute atomic E-state index is 0.0666. The first-order valence-electron chi connectivity index (χ1n) is 4.17. The molecule has 4 heteroatoms. The molecule has 0 radical (unpaired) electrons. The lowest BCUT2D eigenvalue weighted by Gasteiger charge is -2.40. The lowest BCUT2D eigenvalue weighted by atomic mass is 10.00. The third-order valence-electron chi connectivity index (χ3n) is 2.07. The van der Waals surface area contributed by atoms with Crippen LogP contribution in [0.15, 0.2) is 0 Å². The maximum Gasteiger partial charge on any atom is 0.248 e. The van der Waals surface area contributed by atoms with Crippen molar-refractivity contribution in [3.63, 3.8) is 0 Å². The Labute approximate surface area is 72.7 Å². The molecule has 1 atom stereocenters. The van der Waals surface area contributed by atoms with Crippen LogP contribution in [0.2, 0.25) is 0 Å². The summed E-state index contributed by atoms with van der Waals surface area (Å²) in [6.07, 6.45) is -0.359. The molecule has 1 rings (SSSR count). The molecule has 4 nitrogen and oxygen atoms in total. The number of hydrogen-bond acceptors (Lipinski definition) is 3. The molecule has 1 aliphatic heterocycles. The molecule has 1 amide bonds. The van der Waals surface area contributed by atoms with Crippen LogP contribution in [-0.4, -0.2) is 37.7 Å². The van der Waals surface area contributed by atoms with Gasteiger partial charge in [0.1, 0.15) is 6.10 Å². The molecule has 1 heterocycles. The molecule has 0 aromatic rings. The van der Waals surface area contributed by atoms with Crippen molar-refractivity contribution < 1.29 is 9.53 Å². The Kier molecular flexibility index (Phi) is 2.69. The van der Waals surface area contributed by atoms with Crippen molar-refractivity contribution in [1.29, 1.82) is 0 Å². The molecule has 0 aliphatic carbocycles. The Bertz CT molecular complexity index is 178. The Hall–Kier alpha value is -0.610. The summed E-state index contributed by atoms with van der Waals surface area (Å²) in [7, 11) is 1.61. The molecule has 1 saturated heterocycles. The van der Waals surface area contributed by atoms with Gasteiger partial charge in [-0.2, -0.15) is 0 Å². The zero-order valence-electron chi connectivity index (χ0n) is 7.81. The molecular formula is C8H16N2O2. The Balaban J connectivity index is 2.34. The van der Waals surface area contributed by atoms with Gasteiger partial charge in [0.25, 0.3) is 0 Å². The van der Waals surface area contributed by atoms with Crippen LogP contribution in [0.5, 0.6) is 0 Å². The van der Waals surface area contributed by atoms with Gasteiger partial charge in [-0.3, -0.25) is 4.79 Å². The summed E-state index contributed by atoms with van der Waals surface area (Å²) in [5, 5.41) is 5.66. The lowest BCUT2D eigenvalue weighted by Crippen LogP contribution is -2.61. The SMILES string of the molecule is CNC(=O)C(C)OC1(C)CNC1. The molecule has 12 heavy (non-hydrogen) atoms. The maximum absolute atomic E-state index is 11.1. The fourth-order valence-corrected chi connectivity index (χ4v) is 1.24. The molecule has 0 aromatic carbocycles. The maximum atomic E-state index is 11.1. The van der Waals surface area contributed by atoms with Crippen LogP contribution < -0.4 is 10.6 Å². The van der Waals surface area contributed by atoms with Crippen LogP contribution >= 0.6 is 0 Å². The standard InChI is InChI=1S/C8H16N2O2/c1-6(7(11)9-3)12-8(2)4-10-5-8/h6,10H,4-5H2,1-3H3,(H,9,11). The zero-order chi connectivity index (χ0) is 9.19. The van der Waals surface area contributed by atoms with E-state index in [9.17, 15) is 4.79 Å². The number of ether oxygens (including phenoxy) is 1. The average molecular weight is 172 g/mol. The first-order chi connectivity index (χ1) is 5.57. The van der Waals surface area contributed by atoms with Gasteiger partial charge in [0.05, 0.1) is 5.60 Å². The van der Waals surface area contributed by atoms with E-state index in [0.717, 1.165) is 13.1 Å². The number of amides is 1. The van der Waals surface area contributed by atoms with Crippen LogP contribution in [0.4, 0.5) is 0 Å². The van der Waals surface area contributed by atoms with Gasteiger partial charge < -0.3 is 15.4 Å². The predicted octanol–water partition coefficient (Wildman–Crippen LogP) is -0.501. The number of likely N-dealkylation sites (N-methyl/N-ethyl adjacent to an activating group) is 1. The second-order valence-corrected chi connectivity index (χ2v) is 3.43. The van der Waals surface area contributed by atoms with Crippen molar-refractivity contribution >= 4 is 5.91 Å². The number of hydrogen-bond donors (Lipinski definition) is 2. The van der Waals surface area contributed by atoms with Crippen LogP contribution in [-0.2, 0) is 9.53 Å². The van der Waals surface area contributed by atoms with Crippen LogP contribution in [0.3, 0.4) is 0 Å². The van der Waals surface area contributed by atoms with Gasteiger partial charge in [-0.25, -0.2) is 0 Å². The first kappa shape index (κ1) is 9.48. The summed E-state index contributed by atoms with van der Waals surface area (Å²) >= 11 is 0. The van der Waals surface area contributed by atoms with Crippen molar-refractivity contribution in [3.05, 3.63) is 0 Å². The van der Waals surface area contributed by atoms with Gasteiger partial charge in [0.2, 0.25) is 5.91 Å². The van der Waals surface area contributed by atoms with Gasteiger partial charge in [0, 0.05) is 20.1 Å². The minimum atomic E-state index is -0.359. The van der Waals surface area contributed by atoms with E-state index in [4.69, 9.17) is 4.74 Å². The van der Waals surface area contributed by atoms with E-state index < -0.39 is 0 Å². The molecule has 0 spiro atoms. The van der Waals surface area contributed by atoms with Crippen LogP contribution in [0, 0.1) is 0 Å². The van der Waals surface area contributed by atoms with E-state index >= 15 is 0 Å². The van der Waals surface area contributed by atoms with E-state index in [0.29, 0.717) is 0 Å². The summed E-state index contributed by atoms with van der Waals surface area (Å²) in [6, 6.07) is 0. The number of carbonyl (C=O) groups excluding carboxylic acids is 1. The largest absolute Gasteiger partial charge is 0.360 e. The molecule has 2 N–H and O–H groups in total. The number of nitrogens with one attached hydrogen (secondary N) is 2.